The van der Waals surface area contributed by atoms with Gasteiger partial charge < -0.3 is 10.0 Å². The van der Waals surface area contributed by atoms with Crippen molar-refractivity contribution in [1.29, 1.82) is 0 Å². The van der Waals surface area contributed by atoms with Crippen LogP contribution in [0.2, 0.25) is 0 Å². The van der Waals surface area contributed by atoms with Crippen LogP contribution >= 0.6 is 12.4 Å². The Labute approximate surface area is 134 Å². The summed E-state index contributed by atoms with van der Waals surface area (Å²) in [6.45, 7) is 3.25. The Hall–Kier alpha value is -0.730. The maximum absolute atomic E-state index is 10.2. The van der Waals surface area contributed by atoms with Crippen molar-refractivity contribution in [2.24, 2.45) is 5.92 Å². The van der Waals surface area contributed by atoms with Gasteiger partial charge in [-0.05, 0) is 74.9 Å². The van der Waals surface area contributed by atoms with Crippen LogP contribution in [0, 0.1) is 12.8 Å². The lowest BCUT2D eigenvalue weighted by molar-refractivity contribution is 0.00271. The molecule has 0 radical (unpaired) electrons. The molecular formula is C18H26ClNO. The third-order valence-corrected chi connectivity index (χ3v) is 6.43. The molecule has 0 unspecified atom stereocenters. The molecule has 1 saturated heterocycles. The maximum Gasteiger partial charge on any atom is 0.118 e. The number of piperidine rings is 1. The molecule has 0 amide bonds. The van der Waals surface area contributed by atoms with E-state index in [0.29, 0.717) is 11.2 Å². The van der Waals surface area contributed by atoms with Crippen molar-refractivity contribution in [3.05, 3.63) is 28.8 Å². The fourth-order valence-electron chi connectivity index (χ4n) is 5.37. The van der Waals surface area contributed by atoms with E-state index < -0.39 is 0 Å². The highest BCUT2D eigenvalue weighted by Crippen LogP contribution is 2.56. The highest BCUT2D eigenvalue weighted by atomic mass is 35.5. The SMILES string of the molecule is Cc1cc2c(cc1O)[C@@]13CCCC[C@H]1[C@@H](C2)N(C)CC3.Cl. The summed E-state index contributed by atoms with van der Waals surface area (Å²) in [5.74, 6) is 1.31. The van der Waals surface area contributed by atoms with E-state index in [0.717, 1.165) is 17.5 Å². The van der Waals surface area contributed by atoms with E-state index in [-0.39, 0.29) is 12.4 Å². The monoisotopic (exact) mass is 307 g/mol. The number of halogens is 1. The largest absolute Gasteiger partial charge is 0.508 e. The molecule has 2 nitrogen and oxygen atoms in total. The highest BCUT2D eigenvalue weighted by Gasteiger charge is 2.53. The zero-order chi connectivity index (χ0) is 13.9. The molecule has 3 atom stereocenters. The molecule has 2 aliphatic carbocycles. The second-order valence-corrected chi connectivity index (χ2v) is 7.31. The lowest BCUT2D eigenvalue weighted by Gasteiger charge is -2.58. The number of phenols is 1. The minimum atomic E-state index is 0. The Bertz CT molecular complexity index is 558. The lowest BCUT2D eigenvalue weighted by Crippen LogP contribution is -2.59. The van der Waals surface area contributed by atoms with Crippen LogP contribution in [0.4, 0.5) is 0 Å². The second kappa shape index (κ2) is 5.17. The number of fused-ring (bicyclic) bond motifs is 1. The van der Waals surface area contributed by atoms with Gasteiger partial charge in [0, 0.05) is 11.5 Å². The predicted molar refractivity (Wildman–Crippen MR) is 88.5 cm³/mol. The summed E-state index contributed by atoms with van der Waals surface area (Å²) >= 11 is 0. The van der Waals surface area contributed by atoms with Gasteiger partial charge in [-0.15, -0.1) is 12.4 Å². The molecule has 1 heterocycles. The van der Waals surface area contributed by atoms with Crippen LogP contribution in [-0.2, 0) is 11.8 Å². The first-order valence-electron chi connectivity index (χ1n) is 8.15. The van der Waals surface area contributed by atoms with Gasteiger partial charge in [-0.1, -0.05) is 18.9 Å². The number of hydrogen-bond acceptors (Lipinski definition) is 2. The van der Waals surface area contributed by atoms with Crippen LogP contribution in [0.5, 0.6) is 5.75 Å². The summed E-state index contributed by atoms with van der Waals surface area (Å²) in [4.78, 5) is 2.60. The van der Waals surface area contributed by atoms with E-state index in [1.54, 1.807) is 0 Å². The Morgan fingerprint density at radius 2 is 2.05 bits per heavy atom. The first-order chi connectivity index (χ1) is 9.62. The van der Waals surface area contributed by atoms with E-state index in [1.165, 1.54) is 56.2 Å². The van der Waals surface area contributed by atoms with Crippen LogP contribution in [0.25, 0.3) is 0 Å². The van der Waals surface area contributed by atoms with Crippen LogP contribution in [0.1, 0.15) is 48.8 Å². The van der Waals surface area contributed by atoms with E-state index in [9.17, 15) is 5.11 Å². The Kier molecular flexibility index (Phi) is 3.74. The van der Waals surface area contributed by atoms with Crippen molar-refractivity contribution in [2.75, 3.05) is 13.6 Å². The number of hydrogen-bond donors (Lipinski definition) is 1. The van der Waals surface area contributed by atoms with E-state index in [1.807, 2.05) is 6.92 Å². The van der Waals surface area contributed by atoms with E-state index >= 15 is 0 Å². The van der Waals surface area contributed by atoms with Crippen LogP contribution in [-0.4, -0.2) is 29.6 Å². The van der Waals surface area contributed by atoms with Gasteiger partial charge in [0.05, 0.1) is 0 Å². The van der Waals surface area contributed by atoms with Gasteiger partial charge in [-0.3, -0.25) is 0 Å². The molecule has 2 bridgehead atoms. The molecule has 116 valence electrons. The van der Waals surface area contributed by atoms with Gasteiger partial charge in [0.2, 0.25) is 0 Å². The molecule has 2 fully saturated rings. The fraction of sp³-hybridized carbons (Fsp3) is 0.667. The summed E-state index contributed by atoms with van der Waals surface area (Å²) in [5, 5.41) is 10.2. The number of aryl methyl sites for hydroxylation is 1. The van der Waals surface area contributed by atoms with E-state index in [4.69, 9.17) is 0 Å². The zero-order valence-electron chi connectivity index (χ0n) is 13.1. The topological polar surface area (TPSA) is 23.5 Å². The van der Waals surface area contributed by atoms with Crippen LogP contribution < -0.4 is 0 Å². The van der Waals surface area contributed by atoms with Gasteiger partial charge in [-0.25, -0.2) is 0 Å². The average molecular weight is 308 g/mol. The molecular weight excluding hydrogens is 282 g/mol. The molecule has 1 saturated carbocycles. The van der Waals surface area contributed by atoms with Crippen molar-refractivity contribution < 1.29 is 5.11 Å². The second-order valence-electron chi connectivity index (χ2n) is 7.31. The summed E-state index contributed by atoms with van der Waals surface area (Å²) in [7, 11) is 2.31. The number of phenolic OH excluding ortho intramolecular Hbond substituents is 1. The Balaban J connectivity index is 0.00000132. The molecule has 4 rings (SSSR count). The quantitative estimate of drug-likeness (QED) is 0.788. The number of likely N-dealkylation sites (N-methyl/N-ethyl adjacent to an activating group) is 1. The van der Waals surface area contributed by atoms with Crippen molar-refractivity contribution in [1.82, 2.24) is 4.90 Å². The van der Waals surface area contributed by atoms with Gasteiger partial charge in [0.15, 0.2) is 0 Å². The summed E-state index contributed by atoms with van der Waals surface area (Å²) in [6, 6.07) is 5.09. The molecule has 0 spiro atoms. The number of rotatable bonds is 0. The van der Waals surface area contributed by atoms with Crippen LogP contribution in [0.3, 0.4) is 0 Å². The van der Waals surface area contributed by atoms with Crippen molar-refractivity contribution >= 4 is 12.4 Å². The Morgan fingerprint density at radius 1 is 1.24 bits per heavy atom. The zero-order valence-corrected chi connectivity index (χ0v) is 13.9. The van der Waals surface area contributed by atoms with Gasteiger partial charge in [-0.2, -0.15) is 0 Å². The van der Waals surface area contributed by atoms with E-state index in [2.05, 4.69) is 24.1 Å². The molecule has 0 aromatic heterocycles. The minimum absolute atomic E-state index is 0. The highest BCUT2D eigenvalue weighted by molar-refractivity contribution is 5.85. The molecule has 1 aromatic rings. The summed E-state index contributed by atoms with van der Waals surface area (Å²) in [5.41, 5.74) is 4.41. The number of aromatic hydroxyl groups is 1. The predicted octanol–water partition coefficient (Wildman–Crippen LogP) is 3.81. The third kappa shape index (κ3) is 2.03. The van der Waals surface area contributed by atoms with Gasteiger partial charge in [0.1, 0.15) is 5.75 Å². The van der Waals surface area contributed by atoms with Crippen LogP contribution in [0.15, 0.2) is 12.1 Å². The third-order valence-electron chi connectivity index (χ3n) is 6.43. The number of benzene rings is 1. The minimum Gasteiger partial charge on any atom is -0.508 e. The number of nitrogens with zero attached hydrogens (tertiary/aromatic N) is 1. The van der Waals surface area contributed by atoms with Crippen molar-refractivity contribution in [2.45, 2.75) is 56.9 Å². The maximum atomic E-state index is 10.2. The number of likely N-dealkylation sites (tertiary alicyclic amines) is 1. The molecule has 1 aromatic carbocycles. The van der Waals surface area contributed by atoms with Gasteiger partial charge in [0.25, 0.3) is 0 Å². The molecule has 1 aliphatic heterocycles. The standard InChI is InChI=1S/C18H25NO.ClH/c1-12-9-13-10-16-14-5-3-4-6-18(14,7-8-19(16)2)15(13)11-17(12)20;/h9,11,14,16,20H,3-8,10H2,1-2H3;1H/t14-,16+,18+;/m0./s1. The van der Waals surface area contributed by atoms with Crippen molar-refractivity contribution in [3.63, 3.8) is 0 Å². The molecule has 21 heavy (non-hydrogen) atoms. The smallest absolute Gasteiger partial charge is 0.118 e. The Morgan fingerprint density at radius 3 is 2.86 bits per heavy atom. The lowest BCUT2D eigenvalue weighted by atomic mass is 9.52. The molecule has 3 aliphatic rings. The first kappa shape index (κ1) is 15.2. The molecule has 1 N–H and O–H groups in total. The fourth-order valence-corrected chi connectivity index (χ4v) is 5.37. The summed E-state index contributed by atoms with van der Waals surface area (Å²) in [6.07, 6.45) is 7.92. The first-order valence-corrected chi connectivity index (χ1v) is 8.15. The van der Waals surface area contributed by atoms with Gasteiger partial charge >= 0.3 is 0 Å². The normalized spacial score (nSPS) is 34.6. The summed E-state index contributed by atoms with van der Waals surface area (Å²) < 4.78 is 0. The molecule has 3 heteroatoms. The average Bonchev–Trinajstić information content (AvgIpc) is 2.45. The van der Waals surface area contributed by atoms with Crippen molar-refractivity contribution in [3.8, 4) is 5.75 Å².